The van der Waals surface area contributed by atoms with Crippen molar-refractivity contribution in [3.8, 4) is 0 Å². The molecule has 0 saturated carbocycles. The Bertz CT molecular complexity index is 304. The van der Waals surface area contributed by atoms with Crippen LogP contribution < -0.4 is 5.32 Å². The maximum Gasteiger partial charge on any atom is 0.107 e. The van der Waals surface area contributed by atoms with Gasteiger partial charge in [-0.25, -0.2) is 4.98 Å². The Hall–Kier alpha value is -0.450. The quantitative estimate of drug-likeness (QED) is 0.779. The van der Waals surface area contributed by atoms with Gasteiger partial charge in [-0.05, 0) is 13.0 Å². The maximum absolute atomic E-state index is 4.99. The molecule has 0 spiro atoms. The highest BCUT2D eigenvalue weighted by Crippen LogP contribution is 2.23. The van der Waals surface area contributed by atoms with Gasteiger partial charge in [-0.2, -0.15) is 0 Å². The molecule has 0 bridgehead atoms. The fourth-order valence-corrected chi connectivity index (χ4v) is 2.26. The summed E-state index contributed by atoms with van der Waals surface area (Å²) in [6, 6.07) is 0. The van der Waals surface area contributed by atoms with Gasteiger partial charge in [0, 0.05) is 31.1 Å². The van der Waals surface area contributed by atoms with Crippen molar-refractivity contribution < 1.29 is 4.74 Å². The monoisotopic (exact) mass is 242 g/mol. The topological polar surface area (TPSA) is 34.1 Å². The second kappa shape index (κ2) is 6.33. The lowest BCUT2D eigenvalue weighted by atomic mass is 9.93. The Morgan fingerprint density at radius 2 is 2.19 bits per heavy atom. The molecule has 1 N–H and O–H groups in total. The molecule has 0 atom stereocenters. The van der Waals surface area contributed by atoms with Gasteiger partial charge in [-0.3, -0.25) is 0 Å². The molecule has 0 aromatic carbocycles. The molecule has 1 aromatic heterocycles. The van der Waals surface area contributed by atoms with Crippen LogP contribution in [0.25, 0.3) is 0 Å². The van der Waals surface area contributed by atoms with Crippen molar-refractivity contribution in [3.63, 3.8) is 0 Å². The van der Waals surface area contributed by atoms with Crippen molar-refractivity contribution in [2.75, 3.05) is 20.3 Å². The zero-order valence-electron chi connectivity index (χ0n) is 10.7. The fourth-order valence-electron chi connectivity index (χ4n) is 1.27. The molecule has 0 radical (unpaired) electrons. The second-order valence-electron chi connectivity index (χ2n) is 4.90. The van der Waals surface area contributed by atoms with Crippen molar-refractivity contribution >= 4 is 11.3 Å². The summed E-state index contributed by atoms with van der Waals surface area (Å²) in [6.45, 7) is 9.24. The molecular formula is C12H22N2OS. The van der Waals surface area contributed by atoms with Crippen molar-refractivity contribution in [3.05, 3.63) is 16.1 Å². The molecule has 0 aliphatic heterocycles. The Balaban J connectivity index is 2.30. The SMILES string of the molecule is COCCCNCc1nc(C(C)(C)C)cs1. The van der Waals surface area contributed by atoms with Crippen LogP contribution in [0.2, 0.25) is 0 Å². The van der Waals surface area contributed by atoms with Crippen molar-refractivity contribution in [1.29, 1.82) is 0 Å². The molecule has 1 aromatic rings. The number of nitrogens with one attached hydrogen (secondary N) is 1. The predicted molar refractivity (Wildman–Crippen MR) is 69.0 cm³/mol. The first-order chi connectivity index (χ1) is 7.54. The molecule has 0 aliphatic carbocycles. The summed E-state index contributed by atoms with van der Waals surface area (Å²) >= 11 is 1.74. The van der Waals surface area contributed by atoms with Gasteiger partial charge in [0.2, 0.25) is 0 Å². The number of nitrogens with zero attached hydrogens (tertiary/aromatic N) is 1. The number of rotatable bonds is 6. The highest BCUT2D eigenvalue weighted by Gasteiger charge is 2.16. The van der Waals surface area contributed by atoms with Crippen LogP contribution in [0, 0.1) is 0 Å². The van der Waals surface area contributed by atoms with E-state index in [2.05, 4.69) is 36.5 Å². The Labute approximate surface area is 102 Å². The van der Waals surface area contributed by atoms with Gasteiger partial charge in [0.25, 0.3) is 0 Å². The van der Waals surface area contributed by atoms with Crippen LogP contribution in [0.3, 0.4) is 0 Å². The number of hydrogen-bond acceptors (Lipinski definition) is 4. The standard InChI is InChI=1S/C12H22N2OS/c1-12(2,3)10-9-16-11(14-10)8-13-6-5-7-15-4/h9,13H,5-8H2,1-4H3. The third kappa shape index (κ3) is 4.60. The van der Waals surface area contributed by atoms with Gasteiger partial charge in [0.05, 0.1) is 5.69 Å². The van der Waals surface area contributed by atoms with Gasteiger partial charge in [0.15, 0.2) is 0 Å². The minimum atomic E-state index is 0.158. The van der Waals surface area contributed by atoms with E-state index in [0.29, 0.717) is 0 Å². The first kappa shape index (κ1) is 13.6. The molecule has 0 amide bonds. The number of thiazole rings is 1. The van der Waals surface area contributed by atoms with E-state index in [1.807, 2.05) is 0 Å². The second-order valence-corrected chi connectivity index (χ2v) is 5.84. The van der Waals surface area contributed by atoms with Crippen molar-refractivity contribution in [2.45, 2.75) is 39.2 Å². The molecule has 1 rings (SSSR count). The number of ether oxygens (including phenoxy) is 1. The maximum atomic E-state index is 4.99. The summed E-state index contributed by atoms with van der Waals surface area (Å²) < 4.78 is 4.99. The van der Waals surface area contributed by atoms with Crippen LogP contribution in [0.1, 0.15) is 37.9 Å². The fraction of sp³-hybridized carbons (Fsp3) is 0.750. The van der Waals surface area contributed by atoms with E-state index in [0.717, 1.165) is 26.1 Å². The Morgan fingerprint density at radius 3 is 2.75 bits per heavy atom. The van der Waals surface area contributed by atoms with E-state index in [4.69, 9.17) is 4.74 Å². The molecular weight excluding hydrogens is 220 g/mol. The first-order valence-electron chi connectivity index (χ1n) is 5.68. The molecule has 0 unspecified atom stereocenters. The summed E-state index contributed by atoms with van der Waals surface area (Å²) in [5.74, 6) is 0. The van der Waals surface area contributed by atoms with E-state index >= 15 is 0 Å². The molecule has 16 heavy (non-hydrogen) atoms. The first-order valence-corrected chi connectivity index (χ1v) is 6.56. The zero-order valence-corrected chi connectivity index (χ0v) is 11.5. The van der Waals surface area contributed by atoms with Gasteiger partial charge in [0.1, 0.15) is 5.01 Å². The molecule has 0 fully saturated rings. The van der Waals surface area contributed by atoms with E-state index in [9.17, 15) is 0 Å². The van der Waals surface area contributed by atoms with Crippen LogP contribution in [-0.2, 0) is 16.7 Å². The van der Waals surface area contributed by atoms with E-state index in [1.165, 1.54) is 10.7 Å². The third-order valence-electron chi connectivity index (χ3n) is 2.30. The van der Waals surface area contributed by atoms with Gasteiger partial charge in [-0.1, -0.05) is 20.8 Å². The molecule has 1 heterocycles. The van der Waals surface area contributed by atoms with E-state index in [1.54, 1.807) is 18.4 Å². The van der Waals surface area contributed by atoms with Crippen molar-refractivity contribution in [1.82, 2.24) is 10.3 Å². The number of aromatic nitrogens is 1. The minimum absolute atomic E-state index is 0.158. The summed E-state index contributed by atoms with van der Waals surface area (Å²) in [4.78, 5) is 4.62. The molecule has 0 aliphatic rings. The van der Waals surface area contributed by atoms with Crippen LogP contribution in [0.4, 0.5) is 0 Å². The normalized spacial score (nSPS) is 12.0. The lowest BCUT2D eigenvalue weighted by Gasteiger charge is -2.14. The number of hydrogen-bond donors (Lipinski definition) is 1. The molecule has 4 heteroatoms. The van der Waals surface area contributed by atoms with Crippen LogP contribution >= 0.6 is 11.3 Å². The summed E-state index contributed by atoms with van der Waals surface area (Å²) in [5, 5.41) is 6.70. The lowest BCUT2D eigenvalue weighted by molar-refractivity contribution is 0.194. The highest BCUT2D eigenvalue weighted by atomic mass is 32.1. The van der Waals surface area contributed by atoms with E-state index < -0.39 is 0 Å². The summed E-state index contributed by atoms with van der Waals surface area (Å²) in [6.07, 6.45) is 1.05. The molecule has 92 valence electrons. The lowest BCUT2D eigenvalue weighted by Crippen LogP contribution is -2.17. The summed E-state index contributed by atoms with van der Waals surface area (Å²) in [5.41, 5.74) is 1.34. The third-order valence-corrected chi connectivity index (χ3v) is 3.15. The highest BCUT2D eigenvalue weighted by molar-refractivity contribution is 7.09. The van der Waals surface area contributed by atoms with Crippen molar-refractivity contribution in [2.24, 2.45) is 0 Å². The van der Waals surface area contributed by atoms with Gasteiger partial charge in [-0.15, -0.1) is 11.3 Å². The minimum Gasteiger partial charge on any atom is -0.385 e. The van der Waals surface area contributed by atoms with Crippen LogP contribution in [-0.4, -0.2) is 25.2 Å². The average Bonchev–Trinajstić information content (AvgIpc) is 2.65. The Kier molecular flexibility index (Phi) is 5.38. The van der Waals surface area contributed by atoms with Gasteiger partial charge >= 0.3 is 0 Å². The predicted octanol–water partition coefficient (Wildman–Crippen LogP) is 2.57. The smallest absolute Gasteiger partial charge is 0.107 e. The van der Waals surface area contributed by atoms with E-state index in [-0.39, 0.29) is 5.41 Å². The van der Waals surface area contributed by atoms with Gasteiger partial charge < -0.3 is 10.1 Å². The number of methoxy groups -OCH3 is 1. The Morgan fingerprint density at radius 1 is 1.44 bits per heavy atom. The molecule has 0 saturated heterocycles. The molecule has 3 nitrogen and oxygen atoms in total. The van der Waals surface area contributed by atoms with Crippen LogP contribution in [0.5, 0.6) is 0 Å². The largest absolute Gasteiger partial charge is 0.385 e. The average molecular weight is 242 g/mol. The van der Waals surface area contributed by atoms with Crippen LogP contribution in [0.15, 0.2) is 5.38 Å². The zero-order chi connectivity index (χ0) is 12.0. The summed E-state index contributed by atoms with van der Waals surface area (Å²) in [7, 11) is 1.73.